The average molecular weight is 371 g/mol. The molecule has 0 radical (unpaired) electrons. The van der Waals surface area contributed by atoms with Crippen molar-refractivity contribution in [2.45, 2.75) is 0 Å². The predicted octanol–water partition coefficient (Wildman–Crippen LogP) is -1.62. The Balaban J connectivity index is 0.00000242. The van der Waals surface area contributed by atoms with E-state index in [1.165, 1.54) is 48.5 Å². The van der Waals surface area contributed by atoms with Gasteiger partial charge in [-0.3, -0.25) is 9.11 Å². The molecule has 0 aliphatic carbocycles. The first-order valence-electron chi connectivity index (χ1n) is 5.67. The Hall–Kier alpha value is -0.310. The van der Waals surface area contributed by atoms with E-state index in [9.17, 15) is 25.9 Å². The molecule has 0 aromatic heterocycles. The SMILES string of the molecule is O=S(=O)(O)[P+](c1ccccc1)(c1ccccc1)S(=O)(=O)O.[H-].[Na+]. The zero-order chi connectivity index (χ0) is 15.7. The van der Waals surface area contributed by atoms with Crippen LogP contribution >= 0.6 is 5.67 Å². The summed E-state index contributed by atoms with van der Waals surface area (Å²) in [7, 11) is -10.2. The van der Waals surface area contributed by atoms with E-state index in [1.807, 2.05) is 0 Å². The fourth-order valence-electron chi connectivity index (χ4n) is 2.05. The summed E-state index contributed by atoms with van der Waals surface area (Å²) in [5, 5.41) is -0.331. The number of hydrogen-bond donors (Lipinski definition) is 2. The third-order valence-corrected chi connectivity index (χ3v) is 15.9. The van der Waals surface area contributed by atoms with Gasteiger partial charge in [-0.15, -0.1) is 0 Å². The van der Waals surface area contributed by atoms with Gasteiger partial charge >= 0.3 is 54.7 Å². The minimum absolute atomic E-state index is 0. The summed E-state index contributed by atoms with van der Waals surface area (Å²) >= 11 is 0. The van der Waals surface area contributed by atoms with Crippen LogP contribution in [-0.4, -0.2) is 25.9 Å². The van der Waals surface area contributed by atoms with Gasteiger partial charge < -0.3 is 1.43 Å². The average Bonchev–Trinajstić information content (AvgIpc) is 2.38. The summed E-state index contributed by atoms with van der Waals surface area (Å²) in [4.78, 5) is 0. The van der Waals surface area contributed by atoms with Crippen LogP contribution in [-0.2, 0) is 19.5 Å². The molecule has 10 heteroatoms. The fourth-order valence-corrected chi connectivity index (χ4v) is 12.3. The van der Waals surface area contributed by atoms with Crippen LogP contribution in [0.4, 0.5) is 0 Å². The van der Waals surface area contributed by atoms with Gasteiger partial charge in [0.25, 0.3) is 0 Å². The second kappa shape index (κ2) is 7.07. The van der Waals surface area contributed by atoms with E-state index in [-0.39, 0.29) is 41.6 Å². The molecule has 0 bridgehead atoms. The maximum atomic E-state index is 12.0. The van der Waals surface area contributed by atoms with Crippen molar-refractivity contribution in [2.24, 2.45) is 0 Å². The number of hydrogen-bond acceptors (Lipinski definition) is 4. The normalized spacial score (nSPS) is 12.5. The number of rotatable bonds is 4. The van der Waals surface area contributed by atoms with Crippen LogP contribution in [0.15, 0.2) is 60.7 Å². The molecule has 2 aromatic rings. The third kappa shape index (κ3) is 3.29. The third-order valence-electron chi connectivity index (χ3n) is 2.84. The Morgan fingerprint density at radius 3 is 1.18 bits per heavy atom. The van der Waals surface area contributed by atoms with E-state index in [4.69, 9.17) is 0 Å². The van der Waals surface area contributed by atoms with E-state index >= 15 is 0 Å². The molecule has 114 valence electrons. The first kappa shape index (κ1) is 19.7. The molecule has 0 aliphatic heterocycles. The summed E-state index contributed by atoms with van der Waals surface area (Å²) in [6.07, 6.45) is 0. The molecule has 0 spiro atoms. The molecule has 22 heavy (non-hydrogen) atoms. The molecule has 2 rings (SSSR count). The van der Waals surface area contributed by atoms with Gasteiger partial charge in [-0.2, -0.15) is 16.8 Å². The Kier molecular flexibility index (Phi) is 6.34. The molecule has 6 nitrogen and oxygen atoms in total. The topological polar surface area (TPSA) is 109 Å². The van der Waals surface area contributed by atoms with Crippen molar-refractivity contribution in [3.8, 4) is 0 Å². The zero-order valence-corrected chi connectivity index (χ0v) is 16.1. The summed E-state index contributed by atoms with van der Waals surface area (Å²) in [5.41, 5.74) is -4.51. The Morgan fingerprint density at radius 2 is 0.955 bits per heavy atom. The maximum Gasteiger partial charge on any atom is 1.00 e. The standard InChI is InChI=1S/C12H11O6PS2.Na.H/c13-20(14,15)19(21(16,17)18,11-7-3-1-4-8-11)12-9-5-2-6-10-12;;/h1-10H,(H-,13,14,15,16,17,18);;/q;+1;-1/p+1. The Bertz CT molecular complexity index is 770. The summed E-state index contributed by atoms with van der Waals surface area (Å²) in [5.74, 6) is 0. The number of benzene rings is 2. The van der Waals surface area contributed by atoms with Gasteiger partial charge in [-0.05, 0) is 24.3 Å². The summed E-state index contributed by atoms with van der Waals surface area (Å²) < 4.78 is 67.2. The van der Waals surface area contributed by atoms with Crippen molar-refractivity contribution < 1.29 is 56.9 Å². The van der Waals surface area contributed by atoms with Gasteiger partial charge in [0, 0.05) is 0 Å². The monoisotopic (exact) mass is 371 g/mol. The molecule has 0 fully saturated rings. The molecular formula is C12H13NaO6PS2+. The van der Waals surface area contributed by atoms with Crippen LogP contribution in [0.5, 0.6) is 0 Å². The van der Waals surface area contributed by atoms with E-state index < -0.39 is 25.1 Å². The van der Waals surface area contributed by atoms with Gasteiger partial charge in [-0.25, -0.2) is 0 Å². The fraction of sp³-hybridized carbons (Fsp3) is 0. The van der Waals surface area contributed by atoms with Gasteiger partial charge in [0.1, 0.15) is 10.6 Å². The van der Waals surface area contributed by atoms with Crippen LogP contribution in [0.25, 0.3) is 0 Å². The molecule has 2 aromatic carbocycles. The van der Waals surface area contributed by atoms with E-state index in [2.05, 4.69) is 0 Å². The molecule has 0 atom stereocenters. The van der Waals surface area contributed by atoms with Crippen molar-refractivity contribution in [1.82, 2.24) is 0 Å². The Morgan fingerprint density at radius 1 is 0.682 bits per heavy atom. The van der Waals surface area contributed by atoms with Crippen molar-refractivity contribution in [3.63, 3.8) is 0 Å². The Labute approximate surface area is 152 Å². The summed E-state index contributed by atoms with van der Waals surface area (Å²) in [6, 6.07) is 13.9. The zero-order valence-electron chi connectivity index (χ0n) is 12.6. The maximum absolute atomic E-state index is 12.0. The van der Waals surface area contributed by atoms with Gasteiger partial charge in [0.05, 0.1) is 0 Å². The van der Waals surface area contributed by atoms with Crippen molar-refractivity contribution in [3.05, 3.63) is 60.7 Å². The largest absolute Gasteiger partial charge is 1.00 e. The molecule has 0 saturated heterocycles. The van der Waals surface area contributed by atoms with Crippen LogP contribution in [0, 0.1) is 0 Å². The van der Waals surface area contributed by atoms with Crippen molar-refractivity contribution in [2.75, 3.05) is 0 Å². The minimum atomic E-state index is -5.12. The van der Waals surface area contributed by atoms with E-state index in [1.54, 1.807) is 12.1 Å². The van der Waals surface area contributed by atoms with Gasteiger partial charge in [-0.1, -0.05) is 36.4 Å². The van der Waals surface area contributed by atoms with Gasteiger partial charge in [0.2, 0.25) is 0 Å². The quantitative estimate of drug-likeness (QED) is 0.380. The smallest absolute Gasteiger partial charge is 1.00 e. The molecule has 0 heterocycles. The minimum Gasteiger partial charge on any atom is -1.00 e. The predicted molar refractivity (Wildman–Crippen MR) is 83.3 cm³/mol. The second-order valence-corrected chi connectivity index (χ2v) is 14.8. The molecule has 0 saturated carbocycles. The van der Waals surface area contributed by atoms with Crippen LogP contribution < -0.4 is 40.2 Å². The first-order chi connectivity index (χ1) is 9.71. The first-order valence-corrected chi connectivity index (χ1v) is 11.5. The molecule has 2 N–H and O–H groups in total. The second-order valence-electron chi connectivity index (χ2n) is 4.12. The molecular weight excluding hydrogens is 358 g/mol. The molecule has 0 amide bonds. The molecule has 0 aliphatic rings. The molecule has 0 unspecified atom stereocenters. The van der Waals surface area contributed by atoms with Crippen LogP contribution in [0.1, 0.15) is 1.43 Å². The van der Waals surface area contributed by atoms with Crippen LogP contribution in [0.2, 0.25) is 0 Å². The van der Waals surface area contributed by atoms with Gasteiger partial charge in [0.15, 0.2) is 0 Å². The van der Waals surface area contributed by atoms with Crippen molar-refractivity contribution >= 4 is 35.8 Å². The van der Waals surface area contributed by atoms with Crippen LogP contribution in [0.3, 0.4) is 0 Å². The summed E-state index contributed by atoms with van der Waals surface area (Å²) in [6.45, 7) is 0. The van der Waals surface area contributed by atoms with Crippen molar-refractivity contribution in [1.29, 1.82) is 0 Å². The van der Waals surface area contributed by atoms with E-state index in [0.717, 1.165) is 0 Å². The van der Waals surface area contributed by atoms with E-state index in [0.29, 0.717) is 0 Å².